The lowest BCUT2D eigenvalue weighted by atomic mass is 9.97. The number of nitrogens with zero attached hydrogens (tertiary/aromatic N) is 3. The average Bonchev–Trinajstić information content (AvgIpc) is 3.33. The van der Waals surface area contributed by atoms with Crippen molar-refractivity contribution in [2.75, 3.05) is 26.9 Å². The van der Waals surface area contributed by atoms with Gasteiger partial charge >= 0.3 is 0 Å². The largest absolute Gasteiger partial charge is 0.481 e. The molecule has 0 radical (unpaired) electrons. The van der Waals surface area contributed by atoms with Gasteiger partial charge in [0, 0.05) is 24.3 Å². The maximum atomic E-state index is 10.9. The number of aliphatic imine (C=N–C) groups is 1. The molecule has 7 nitrogen and oxygen atoms in total. The second-order valence-electron chi connectivity index (χ2n) is 6.33. The Bertz CT molecular complexity index is 905. The van der Waals surface area contributed by atoms with E-state index in [1.54, 1.807) is 23.9 Å². The van der Waals surface area contributed by atoms with Crippen molar-refractivity contribution in [1.82, 2.24) is 9.61 Å². The Hall–Kier alpha value is -1.64. The molecule has 9 heteroatoms. The lowest BCUT2D eigenvalue weighted by Gasteiger charge is -2.21. The summed E-state index contributed by atoms with van der Waals surface area (Å²) in [5, 5.41) is 15.6. The molecular weight excluding hydrogens is 393 g/mol. The van der Waals surface area contributed by atoms with Gasteiger partial charge in [-0.3, -0.25) is 4.99 Å². The van der Waals surface area contributed by atoms with E-state index in [-0.39, 0.29) is 5.38 Å². The summed E-state index contributed by atoms with van der Waals surface area (Å²) in [4.78, 5) is 4.10. The Balaban J connectivity index is 1.71. The van der Waals surface area contributed by atoms with Crippen LogP contribution in [0.3, 0.4) is 0 Å². The SMILES string of the molecule is COc1ccc(C(O)CC2=C(Cl)C=NCC2Cl)c2cc(C3OCCO3)nn12. The summed E-state index contributed by atoms with van der Waals surface area (Å²) in [5.41, 5.74) is 2.80. The summed E-state index contributed by atoms with van der Waals surface area (Å²) in [5.74, 6) is 0.544. The van der Waals surface area contributed by atoms with Crippen LogP contribution in [0.1, 0.15) is 30.1 Å². The van der Waals surface area contributed by atoms with Crippen LogP contribution in [-0.2, 0) is 9.47 Å². The van der Waals surface area contributed by atoms with Crippen LogP contribution in [0.15, 0.2) is 33.8 Å². The summed E-state index contributed by atoms with van der Waals surface area (Å²) >= 11 is 12.6. The van der Waals surface area contributed by atoms with Crippen molar-refractivity contribution in [3.63, 3.8) is 0 Å². The van der Waals surface area contributed by atoms with Crippen molar-refractivity contribution in [2.24, 2.45) is 4.99 Å². The number of aliphatic hydroxyl groups is 1. The highest BCUT2D eigenvalue weighted by Crippen LogP contribution is 2.34. The number of halogens is 2. The van der Waals surface area contributed by atoms with Gasteiger partial charge in [-0.2, -0.15) is 5.10 Å². The van der Waals surface area contributed by atoms with Crippen LogP contribution in [0, 0.1) is 0 Å². The Morgan fingerprint density at radius 3 is 2.85 bits per heavy atom. The molecule has 4 rings (SSSR count). The topological polar surface area (TPSA) is 77.6 Å². The maximum Gasteiger partial charge on any atom is 0.214 e. The number of aliphatic hydroxyl groups excluding tert-OH is 1. The zero-order valence-corrected chi connectivity index (χ0v) is 16.2. The minimum Gasteiger partial charge on any atom is -0.481 e. The van der Waals surface area contributed by atoms with Crippen molar-refractivity contribution in [3.8, 4) is 5.88 Å². The number of methoxy groups -OCH3 is 1. The third-order valence-corrected chi connectivity index (χ3v) is 5.38. The van der Waals surface area contributed by atoms with Gasteiger partial charge in [0.1, 0.15) is 5.69 Å². The Kier molecular flexibility index (Phi) is 5.39. The Labute approximate surface area is 166 Å². The van der Waals surface area contributed by atoms with E-state index in [0.29, 0.717) is 53.9 Å². The maximum absolute atomic E-state index is 10.9. The van der Waals surface area contributed by atoms with E-state index in [0.717, 1.165) is 5.57 Å². The summed E-state index contributed by atoms with van der Waals surface area (Å²) in [6, 6.07) is 5.41. The van der Waals surface area contributed by atoms with Crippen LogP contribution in [0.2, 0.25) is 0 Å². The van der Waals surface area contributed by atoms with Gasteiger partial charge in [0.2, 0.25) is 12.2 Å². The summed E-state index contributed by atoms with van der Waals surface area (Å²) < 4.78 is 18.1. The van der Waals surface area contributed by atoms with Gasteiger partial charge in [0.25, 0.3) is 0 Å². The smallest absolute Gasteiger partial charge is 0.214 e. The molecule has 2 aliphatic heterocycles. The summed E-state index contributed by atoms with van der Waals surface area (Å²) in [6.45, 7) is 1.50. The molecule has 2 aromatic heterocycles. The molecule has 4 heterocycles. The third-order valence-electron chi connectivity index (χ3n) is 4.64. The normalized spacial score (nSPS) is 22.0. The first kappa shape index (κ1) is 18.7. The van der Waals surface area contributed by atoms with Gasteiger partial charge in [0.05, 0.1) is 48.9 Å². The van der Waals surface area contributed by atoms with Gasteiger partial charge in [0.15, 0.2) is 0 Å². The Morgan fingerprint density at radius 2 is 2.15 bits per heavy atom. The van der Waals surface area contributed by atoms with E-state index in [2.05, 4.69) is 10.1 Å². The number of rotatable bonds is 5. The van der Waals surface area contributed by atoms with Crippen molar-refractivity contribution in [1.29, 1.82) is 0 Å². The number of allylic oxidation sites excluding steroid dienone is 1. The highest BCUT2D eigenvalue weighted by atomic mass is 35.5. The number of dihydropyridines is 1. The number of alkyl halides is 1. The van der Waals surface area contributed by atoms with E-state index < -0.39 is 12.4 Å². The van der Waals surface area contributed by atoms with Gasteiger partial charge in [-0.25, -0.2) is 4.52 Å². The van der Waals surface area contributed by atoms with E-state index in [1.165, 1.54) is 0 Å². The second kappa shape index (κ2) is 7.77. The van der Waals surface area contributed by atoms with E-state index in [4.69, 9.17) is 37.4 Å². The monoisotopic (exact) mass is 411 g/mol. The number of hydrogen-bond donors (Lipinski definition) is 1. The molecule has 2 atom stereocenters. The van der Waals surface area contributed by atoms with Gasteiger partial charge in [-0.15, -0.1) is 11.6 Å². The fourth-order valence-corrected chi connectivity index (χ4v) is 3.90. The molecule has 1 fully saturated rings. The van der Waals surface area contributed by atoms with Crippen LogP contribution in [-0.4, -0.2) is 53.2 Å². The molecule has 1 N–H and O–H groups in total. The first-order valence-electron chi connectivity index (χ1n) is 8.58. The molecule has 0 aliphatic carbocycles. The molecule has 0 spiro atoms. The van der Waals surface area contributed by atoms with Crippen molar-refractivity contribution in [2.45, 2.75) is 24.2 Å². The number of pyridine rings is 1. The van der Waals surface area contributed by atoms with Crippen LogP contribution in [0.5, 0.6) is 5.88 Å². The lowest BCUT2D eigenvalue weighted by molar-refractivity contribution is -0.0474. The highest BCUT2D eigenvalue weighted by molar-refractivity contribution is 6.41. The van der Waals surface area contributed by atoms with Crippen LogP contribution < -0.4 is 4.74 Å². The molecule has 0 bridgehead atoms. The molecule has 0 aromatic carbocycles. The van der Waals surface area contributed by atoms with E-state index >= 15 is 0 Å². The molecule has 0 amide bonds. The number of hydrogen-bond acceptors (Lipinski definition) is 6. The molecule has 27 heavy (non-hydrogen) atoms. The highest BCUT2D eigenvalue weighted by Gasteiger charge is 2.26. The number of aromatic nitrogens is 2. The van der Waals surface area contributed by atoms with Crippen molar-refractivity contribution >= 4 is 34.9 Å². The Morgan fingerprint density at radius 1 is 1.37 bits per heavy atom. The second-order valence-corrected chi connectivity index (χ2v) is 7.26. The minimum absolute atomic E-state index is 0.304. The predicted molar refractivity (Wildman–Crippen MR) is 102 cm³/mol. The van der Waals surface area contributed by atoms with Crippen LogP contribution in [0.4, 0.5) is 0 Å². The fourth-order valence-electron chi connectivity index (χ4n) is 3.28. The molecule has 2 aromatic rings. The van der Waals surface area contributed by atoms with Crippen molar-refractivity contribution in [3.05, 3.63) is 40.1 Å². The lowest BCUT2D eigenvalue weighted by Crippen LogP contribution is -2.16. The molecular formula is C18H19Cl2N3O4. The molecule has 2 unspecified atom stereocenters. The third kappa shape index (κ3) is 3.58. The van der Waals surface area contributed by atoms with Crippen LogP contribution in [0.25, 0.3) is 5.52 Å². The van der Waals surface area contributed by atoms with Gasteiger partial charge in [-0.1, -0.05) is 11.6 Å². The predicted octanol–water partition coefficient (Wildman–Crippen LogP) is 3.00. The zero-order valence-electron chi connectivity index (χ0n) is 14.6. The molecule has 2 aliphatic rings. The number of fused-ring (bicyclic) bond motifs is 1. The first-order valence-corrected chi connectivity index (χ1v) is 9.40. The van der Waals surface area contributed by atoms with Crippen LogP contribution >= 0.6 is 23.2 Å². The van der Waals surface area contributed by atoms with Crippen molar-refractivity contribution < 1.29 is 19.3 Å². The molecule has 144 valence electrons. The average molecular weight is 412 g/mol. The first-order chi connectivity index (χ1) is 13.1. The van der Waals surface area contributed by atoms with E-state index in [1.807, 2.05) is 12.1 Å². The standard InChI is InChI=1S/C18H19Cl2N3O4/c1-25-17-3-2-10(16(24)6-11-12(19)8-21-9-13(11)20)15-7-14(22-23(15)17)18-26-4-5-27-18/h2-3,7-8,13,16,18,24H,4-6,9H2,1H3. The molecule has 0 saturated carbocycles. The zero-order chi connectivity index (χ0) is 19.0. The number of ether oxygens (including phenoxy) is 3. The summed E-state index contributed by atoms with van der Waals surface area (Å²) in [7, 11) is 1.57. The van der Waals surface area contributed by atoms with Gasteiger partial charge in [-0.05, 0) is 17.7 Å². The van der Waals surface area contributed by atoms with E-state index in [9.17, 15) is 5.11 Å². The fraction of sp³-hybridized carbons (Fsp3) is 0.444. The molecule has 1 saturated heterocycles. The summed E-state index contributed by atoms with van der Waals surface area (Å²) in [6.07, 6.45) is 0.554. The quantitative estimate of drug-likeness (QED) is 0.765. The minimum atomic E-state index is -0.815. The van der Waals surface area contributed by atoms with Gasteiger partial charge < -0.3 is 19.3 Å².